The number of rotatable bonds is 2. The van der Waals surface area contributed by atoms with Crippen LogP contribution in [0.2, 0.25) is 0 Å². The van der Waals surface area contributed by atoms with Gasteiger partial charge in [0.15, 0.2) is 0 Å². The quantitative estimate of drug-likeness (QED) is 0.605. The molecule has 1 heterocycles. The third-order valence-corrected chi connectivity index (χ3v) is 3.35. The van der Waals surface area contributed by atoms with Crippen LogP contribution in [0.1, 0.15) is 0 Å². The van der Waals surface area contributed by atoms with Crippen molar-refractivity contribution in [1.82, 2.24) is 4.31 Å². The van der Waals surface area contributed by atoms with Crippen LogP contribution in [0.5, 0.6) is 0 Å². The van der Waals surface area contributed by atoms with Gasteiger partial charge in [-0.1, -0.05) is 12.2 Å². The zero-order valence-electron chi connectivity index (χ0n) is 7.26. The van der Waals surface area contributed by atoms with E-state index in [4.69, 9.17) is 22.7 Å². The van der Waals surface area contributed by atoms with E-state index in [1.165, 1.54) is 4.31 Å². The molecule has 1 saturated heterocycles. The van der Waals surface area contributed by atoms with Crippen molar-refractivity contribution in [3.8, 4) is 0 Å². The molecule has 1 rings (SSSR count). The smallest absolute Gasteiger partial charge is 0.211 e. The van der Waals surface area contributed by atoms with E-state index < -0.39 is 16.1 Å². The van der Waals surface area contributed by atoms with Gasteiger partial charge in [0.2, 0.25) is 10.0 Å². The number of thiocarbonyl (C=S) groups is 1. The second kappa shape index (κ2) is 3.87. The van der Waals surface area contributed by atoms with Crippen LogP contribution in [0.3, 0.4) is 0 Å². The van der Waals surface area contributed by atoms with E-state index in [-0.39, 0.29) is 11.5 Å². The molecular formula is C6H12N2O3S2. The van der Waals surface area contributed by atoms with Gasteiger partial charge in [0, 0.05) is 13.1 Å². The predicted octanol–water partition coefficient (Wildman–Crippen LogP) is -1.07. The fourth-order valence-corrected chi connectivity index (χ4v) is 2.05. The third kappa shape index (κ3) is 2.87. The maximum atomic E-state index is 11.1. The minimum absolute atomic E-state index is 0.202. The molecule has 1 aliphatic rings. The first kappa shape index (κ1) is 10.8. The van der Waals surface area contributed by atoms with E-state index in [1.807, 2.05) is 0 Å². The minimum atomic E-state index is -3.15. The molecule has 0 bridgehead atoms. The summed E-state index contributed by atoms with van der Waals surface area (Å²) in [6.07, 6.45) is 0.716. The Bertz CT molecular complexity index is 301. The number of hydrogen-bond donors (Lipinski definition) is 1. The molecule has 1 unspecified atom stereocenters. The first-order valence-corrected chi connectivity index (χ1v) is 6.03. The first-order valence-electron chi connectivity index (χ1n) is 3.77. The molecule has 0 radical (unpaired) electrons. The lowest BCUT2D eigenvalue weighted by molar-refractivity contribution is 0.0389. The highest BCUT2D eigenvalue weighted by atomic mass is 32.2. The van der Waals surface area contributed by atoms with Gasteiger partial charge < -0.3 is 10.5 Å². The van der Waals surface area contributed by atoms with Crippen LogP contribution in [0.15, 0.2) is 0 Å². The predicted molar refractivity (Wildman–Crippen MR) is 52.9 cm³/mol. The zero-order valence-corrected chi connectivity index (χ0v) is 8.90. The Hall–Kier alpha value is -0.240. The Balaban J connectivity index is 2.67. The van der Waals surface area contributed by atoms with E-state index in [1.54, 1.807) is 0 Å². The van der Waals surface area contributed by atoms with Crippen molar-refractivity contribution in [2.45, 2.75) is 6.10 Å². The summed E-state index contributed by atoms with van der Waals surface area (Å²) >= 11 is 4.72. The van der Waals surface area contributed by atoms with Gasteiger partial charge in [0.25, 0.3) is 0 Å². The Morgan fingerprint density at radius 3 is 2.77 bits per heavy atom. The van der Waals surface area contributed by atoms with Gasteiger partial charge >= 0.3 is 0 Å². The molecule has 1 fully saturated rings. The number of nitrogens with zero attached hydrogens (tertiary/aromatic N) is 1. The summed E-state index contributed by atoms with van der Waals surface area (Å²) in [7, 11) is -3.15. The molecule has 13 heavy (non-hydrogen) atoms. The topological polar surface area (TPSA) is 72.6 Å². The van der Waals surface area contributed by atoms with E-state index in [9.17, 15) is 8.42 Å². The van der Waals surface area contributed by atoms with Crippen LogP contribution >= 0.6 is 12.2 Å². The highest BCUT2D eigenvalue weighted by molar-refractivity contribution is 7.88. The number of hydrogen-bond acceptors (Lipinski definition) is 4. The van der Waals surface area contributed by atoms with Gasteiger partial charge in [-0.05, 0) is 0 Å². The molecule has 0 aliphatic carbocycles. The average molecular weight is 224 g/mol. The Morgan fingerprint density at radius 2 is 2.31 bits per heavy atom. The fourth-order valence-electron chi connectivity index (χ4n) is 1.10. The summed E-state index contributed by atoms with van der Waals surface area (Å²) in [6.45, 7) is 0.946. The molecule has 0 saturated carbocycles. The molecule has 7 heteroatoms. The number of sulfonamides is 1. The van der Waals surface area contributed by atoms with E-state index in [0.29, 0.717) is 13.2 Å². The Kier molecular flexibility index (Phi) is 3.23. The molecule has 2 N–H and O–H groups in total. The summed E-state index contributed by atoms with van der Waals surface area (Å²) in [5.41, 5.74) is 5.36. The van der Waals surface area contributed by atoms with Crippen LogP contribution in [0, 0.1) is 0 Å². The highest BCUT2D eigenvalue weighted by Crippen LogP contribution is 2.08. The number of morpholine rings is 1. The molecule has 0 aromatic heterocycles. The van der Waals surface area contributed by atoms with Crippen molar-refractivity contribution in [1.29, 1.82) is 0 Å². The van der Waals surface area contributed by atoms with Crippen LogP contribution in [0.25, 0.3) is 0 Å². The SMILES string of the molecule is CS(=O)(=O)N1CCOC(C(N)=S)C1. The number of nitrogens with two attached hydrogens (primary N) is 1. The van der Waals surface area contributed by atoms with Crippen molar-refractivity contribution >= 4 is 27.2 Å². The van der Waals surface area contributed by atoms with Crippen molar-refractivity contribution in [2.75, 3.05) is 26.0 Å². The minimum Gasteiger partial charge on any atom is -0.391 e. The third-order valence-electron chi connectivity index (χ3n) is 1.82. The highest BCUT2D eigenvalue weighted by Gasteiger charge is 2.27. The second-order valence-electron chi connectivity index (χ2n) is 2.88. The second-order valence-corrected chi connectivity index (χ2v) is 5.34. The monoisotopic (exact) mass is 224 g/mol. The first-order chi connectivity index (χ1) is 5.91. The van der Waals surface area contributed by atoms with Crippen LogP contribution < -0.4 is 5.73 Å². The maximum absolute atomic E-state index is 11.1. The van der Waals surface area contributed by atoms with E-state index in [2.05, 4.69) is 0 Å². The van der Waals surface area contributed by atoms with Gasteiger partial charge in [0.05, 0.1) is 12.9 Å². The van der Waals surface area contributed by atoms with Crippen LogP contribution in [-0.4, -0.2) is 49.8 Å². The molecule has 76 valence electrons. The molecule has 1 atom stereocenters. The molecule has 0 spiro atoms. The van der Waals surface area contributed by atoms with Crippen molar-refractivity contribution in [3.05, 3.63) is 0 Å². The van der Waals surface area contributed by atoms with Gasteiger partial charge in [-0.3, -0.25) is 0 Å². The average Bonchev–Trinajstić information content (AvgIpc) is 2.03. The van der Waals surface area contributed by atoms with Gasteiger partial charge in [-0.15, -0.1) is 0 Å². The summed E-state index contributed by atoms with van der Waals surface area (Å²) in [6, 6.07) is 0. The standard InChI is InChI=1S/C6H12N2O3S2/c1-13(9,10)8-2-3-11-5(4-8)6(7)12/h5H,2-4H2,1H3,(H2,7,12). The Morgan fingerprint density at radius 1 is 1.69 bits per heavy atom. The molecule has 0 aromatic rings. The largest absolute Gasteiger partial charge is 0.391 e. The van der Waals surface area contributed by atoms with Crippen molar-refractivity contribution in [3.63, 3.8) is 0 Å². The Labute approximate surface area is 82.9 Å². The van der Waals surface area contributed by atoms with E-state index >= 15 is 0 Å². The molecule has 1 aliphatic heterocycles. The molecule has 0 aromatic carbocycles. The summed E-state index contributed by atoms with van der Waals surface area (Å²) < 4.78 is 28.8. The maximum Gasteiger partial charge on any atom is 0.211 e. The molecular weight excluding hydrogens is 212 g/mol. The van der Waals surface area contributed by atoms with Crippen LogP contribution in [-0.2, 0) is 14.8 Å². The fraction of sp³-hybridized carbons (Fsp3) is 0.833. The van der Waals surface area contributed by atoms with Crippen LogP contribution in [0.4, 0.5) is 0 Å². The lowest BCUT2D eigenvalue weighted by Crippen LogP contribution is -2.49. The van der Waals surface area contributed by atoms with Gasteiger partial charge in [0.1, 0.15) is 11.1 Å². The normalized spacial score (nSPS) is 25.8. The lowest BCUT2D eigenvalue weighted by atomic mass is 10.3. The van der Waals surface area contributed by atoms with Crippen molar-refractivity contribution < 1.29 is 13.2 Å². The van der Waals surface area contributed by atoms with Crippen molar-refractivity contribution in [2.24, 2.45) is 5.73 Å². The number of ether oxygens (including phenoxy) is 1. The lowest BCUT2D eigenvalue weighted by Gasteiger charge is -2.30. The van der Waals surface area contributed by atoms with E-state index in [0.717, 1.165) is 6.26 Å². The van der Waals surface area contributed by atoms with Gasteiger partial charge in [-0.25, -0.2) is 8.42 Å². The molecule has 0 amide bonds. The summed E-state index contributed by atoms with van der Waals surface area (Å²) in [5, 5.41) is 0. The summed E-state index contributed by atoms with van der Waals surface area (Å²) in [5.74, 6) is 0. The zero-order chi connectivity index (χ0) is 10.1. The summed E-state index contributed by atoms with van der Waals surface area (Å²) in [4.78, 5) is 0.202. The molecule has 5 nitrogen and oxygen atoms in total. The van der Waals surface area contributed by atoms with Gasteiger partial charge in [-0.2, -0.15) is 4.31 Å².